The lowest BCUT2D eigenvalue weighted by Crippen LogP contribution is -2.26. The molecule has 0 spiro atoms. The standard InChI is InChI=1S/C8H14N2O3S/c9-4-2-6-14(11,12)10-7-8-3-1-5-13-8/h1,3,5,10H,2,4,6-7,9H2. The van der Waals surface area contributed by atoms with Gasteiger partial charge in [0, 0.05) is 0 Å². The molecule has 0 aromatic carbocycles. The van der Waals surface area contributed by atoms with Crippen molar-refractivity contribution in [2.75, 3.05) is 12.3 Å². The summed E-state index contributed by atoms with van der Waals surface area (Å²) in [4.78, 5) is 0. The lowest BCUT2D eigenvalue weighted by molar-refractivity contribution is 0.498. The number of nitrogens with two attached hydrogens (primary N) is 1. The van der Waals surface area contributed by atoms with Crippen LogP contribution in [0, 0.1) is 0 Å². The topological polar surface area (TPSA) is 85.3 Å². The molecule has 0 aliphatic rings. The van der Waals surface area contributed by atoms with E-state index in [2.05, 4.69) is 4.72 Å². The van der Waals surface area contributed by atoms with Gasteiger partial charge >= 0.3 is 0 Å². The fourth-order valence-corrected chi connectivity index (χ4v) is 1.99. The highest BCUT2D eigenvalue weighted by molar-refractivity contribution is 7.89. The van der Waals surface area contributed by atoms with Gasteiger partial charge in [-0.15, -0.1) is 0 Å². The number of hydrogen-bond acceptors (Lipinski definition) is 4. The van der Waals surface area contributed by atoms with Gasteiger partial charge in [-0.3, -0.25) is 0 Å². The summed E-state index contributed by atoms with van der Waals surface area (Å²) in [6.45, 7) is 0.571. The van der Waals surface area contributed by atoms with Crippen LogP contribution in [0.4, 0.5) is 0 Å². The van der Waals surface area contributed by atoms with Gasteiger partial charge < -0.3 is 10.2 Å². The summed E-state index contributed by atoms with van der Waals surface area (Å²) in [5.74, 6) is 0.658. The molecule has 14 heavy (non-hydrogen) atoms. The normalized spacial score (nSPS) is 11.8. The quantitative estimate of drug-likeness (QED) is 0.706. The van der Waals surface area contributed by atoms with Gasteiger partial charge in [0.1, 0.15) is 5.76 Å². The van der Waals surface area contributed by atoms with Gasteiger partial charge in [-0.05, 0) is 25.1 Å². The average Bonchev–Trinajstić information content (AvgIpc) is 2.64. The first-order valence-corrected chi connectivity index (χ1v) is 5.99. The Morgan fingerprint density at radius 2 is 2.29 bits per heavy atom. The minimum Gasteiger partial charge on any atom is -0.468 e. The second kappa shape index (κ2) is 5.14. The maximum Gasteiger partial charge on any atom is 0.212 e. The van der Waals surface area contributed by atoms with E-state index in [9.17, 15) is 8.42 Å². The zero-order valence-corrected chi connectivity index (χ0v) is 8.59. The molecule has 3 N–H and O–H groups in total. The van der Waals surface area contributed by atoms with Crippen molar-refractivity contribution in [3.63, 3.8) is 0 Å². The minimum atomic E-state index is -3.21. The molecular weight excluding hydrogens is 204 g/mol. The van der Waals surface area contributed by atoms with Crippen molar-refractivity contribution in [1.82, 2.24) is 4.72 Å². The average molecular weight is 218 g/mol. The van der Waals surface area contributed by atoms with E-state index >= 15 is 0 Å². The molecular formula is C8H14N2O3S. The summed E-state index contributed by atoms with van der Waals surface area (Å²) in [6, 6.07) is 3.43. The molecule has 1 aromatic heterocycles. The third kappa shape index (κ3) is 3.91. The van der Waals surface area contributed by atoms with Crippen LogP contribution in [0.2, 0.25) is 0 Å². The van der Waals surface area contributed by atoms with Gasteiger partial charge in [0.05, 0.1) is 18.6 Å². The molecule has 0 bridgehead atoms. The predicted octanol–water partition coefficient (Wildman–Crippen LogP) is 0.0478. The molecule has 1 rings (SSSR count). The first-order valence-electron chi connectivity index (χ1n) is 4.34. The van der Waals surface area contributed by atoms with Gasteiger partial charge in [0.2, 0.25) is 10.0 Å². The predicted molar refractivity (Wildman–Crippen MR) is 53.0 cm³/mol. The Morgan fingerprint density at radius 3 is 2.86 bits per heavy atom. The lowest BCUT2D eigenvalue weighted by atomic mass is 10.5. The van der Waals surface area contributed by atoms with Crippen molar-refractivity contribution >= 4 is 10.0 Å². The molecule has 0 aliphatic carbocycles. The summed E-state index contributed by atoms with van der Waals surface area (Å²) in [7, 11) is -3.21. The molecule has 80 valence electrons. The number of sulfonamides is 1. The Morgan fingerprint density at radius 1 is 1.50 bits per heavy atom. The summed E-state index contributed by atoms with van der Waals surface area (Å²) < 4.78 is 30.0. The summed E-state index contributed by atoms with van der Waals surface area (Å²) in [6.07, 6.45) is 1.97. The fourth-order valence-electron chi connectivity index (χ4n) is 0.940. The molecule has 0 unspecified atom stereocenters. The van der Waals surface area contributed by atoms with Gasteiger partial charge in [0.25, 0.3) is 0 Å². The minimum absolute atomic E-state index is 0.0597. The summed E-state index contributed by atoms with van der Waals surface area (Å²) >= 11 is 0. The molecule has 5 nitrogen and oxygen atoms in total. The van der Waals surface area contributed by atoms with Crippen LogP contribution in [0.25, 0.3) is 0 Å². The third-order valence-electron chi connectivity index (χ3n) is 1.66. The molecule has 1 aromatic rings. The number of furan rings is 1. The van der Waals surface area contributed by atoms with E-state index in [1.807, 2.05) is 0 Å². The van der Waals surface area contributed by atoms with E-state index in [1.54, 1.807) is 12.1 Å². The van der Waals surface area contributed by atoms with Gasteiger partial charge in [-0.25, -0.2) is 13.1 Å². The molecule has 0 saturated carbocycles. The number of hydrogen-bond donors (Lipinski definition) is 2. The molecule has 0 radical (unpaired) electrons. The van der Waals surface area contributed by atoms with Crippen LogP contribution in [0.1, 0.15) is 12.2 Å². The number of rotatable bonds is 6. The van der Waals surface area contributed by atoms with E-state index in [4.69, 9.17) is 10.2 Å². The van der Waals surface area contributed by atoms with Gasteiger partial charge in [-0.1, -0.05) is 0 Å². The van der Waals surface area contributed by atoms with E-state index < -0.39 is 10.0 Å². The third-order valence-corrected chi connectivity index (χ3v) is 3.07. The molecule has 1 heterocycles. The van der Waals surface area contributed by atoms with Crippen molar-refractivity contribution in [3.8, 4) is 0 Å². The zero-order valence-electron chi connectivity index (χ0n) is 7.77. The Balaban J connectivity index is 2.37. The van der Waals surface area contributed by atoms with Crippen LogP contribution in [-0.4, -0.2) is 20.7 Å². The largest absolute Gasteiger partial charge is 0.468 e. The van der Waals surface area contributed by atoms with Gasteiger partial charge in [-0.2, -0.15) is 0 Å². The Hall–Kier alpha value is -0.850. The lowest BCUT2D eigenvalue weighted by Gasteiger charge is -2.03. The van der Waals surface area contributed by atoms with Crippen LogP contribution < -0.4 is 10.5 Å². The van der Waals surface area contributed by atoms with E-state index in [-0.39, 0.29) is 12.3 Å². The van der Waals surface area contributed by atoms with Crippen LogP contribution >= 0.6 is 0 Å². The van der Waals surface area contributed by atoms with Crippen molar-refractivity contribution in [2.24, 2.45) is 5.73 Å². The summed E-state index contributed by atoms with van der Waals surface area (Å²) in [5.41, 5.74) is 5.22. The first kappa shape index (κ1) is 11.2. The van der Waals surface area contributed by atoms with Gasteiger partial charge in [0.15, 0.2) is 0 Å². The first-order chi connectivity index (χ1) is 6.64. The molecule has 0 saturated heterocycles. The smallest absolute Gasteiger partial charge is 0.212 e. The van der Waals surface area contributed by atoms with E-state index in [0.29, 0.717) is 18.7 Å². The summed E-state index contributed by atoms with van der Waals surface area (Å²) in [5, 5.41) is 0. The van der Waals surface area contributed by atoms with Crippen molar-refractivity contribution in [2.45, 2.75) is 13.0 Å². The Kier molecular flexibility index (Phi) is 4.12. The zero-order chi connectivity index (χ0) is 10.4. The van der Waals surface area contributed by atoms with E-state index in [1.165, 1.54) is 6.26 Å². The van der Waals surface area contributed by atoms with Crippen molar-refractivity contribution < 1.29 is 12.8 Å². The number of nitrogens with one attached hydrogen (secondary N) is 1. The molecule has 0 aliphatic heterocycles. The molecule has 0 atom stereocenters. The van der Waals surface area contributed by atoms with Crippen LogP contribution in [-0.2, 0) is 16.6 Å². The molecule has 6 heteroatoms. The van der Waals surface area contributed by atoms with Crippen LogP contribution in [0.3, 0.4) is 0 Å². The SMILES string of the molecule is NCCCS(=O)(=O)NCc1ccco1. The Bertz CT molecular complexity index is 345. The van der Waals surface area contributed by atoms with Crippen LogP contribution in [0.5, 0.6) is 0 Å². The monoisotopic (exact) mass is 218 g/mol. The van der Waals surface area contributed by atoms with Crippen molar-refractivity contribution in [1.29, 1.82) is 0 Å². The van der Waals surface area contributed by atoms with E-state index in [0.717, 1.165) is 0 Å². The maximum atomic E-state index is 11.3. The Labute approximate surface area is 83.3 Å². The van der Waals surface area contributed by atoms with Crippen LogP contribution in [0.15, 0.2) is 22.8 Å². The van der Waals surface area contributed by atoms with Crippen molar-refractivity contribution in [3.05, 3.63) is 24.2 Å². The highest BCUT2D eigenvalue weighted by atomic mass is 32.2. The second-order valence-electron chi connectivity index (χ2n) is 2.86. The second-order valence-corrected chi connectivity index (χ2v) is 4.79. The molecule has 0 fully saturated rings. The highest BCUT2D eigenvalue weighted by Crippen LogP contribution is 2.00. The maximum absolute atomic E-state index is 11.3. The fraction of sp³-hybridized carbons (Fsp3) is 0.500. The highest BCUT2D eigenvalue weighted by Gasteiger charge is 2.09. The molecule has 0 amide bonds.